The molecule has 0 saturated carbocycles. The summed E-state index contributed by atoms with van der Waals surface area (Å²) in [6, 6.07) is 19.0. The third-order valence-electron chi connectivity index (χ3n) is 2.55. The molecule has 2 N–H and O–H groups in total. The molecule has 0 spiro atoms. The van der Waals surface area contributed by atoms with E-state index in [9.17, 15) is 0 Å². The summed E-state index contributed by atoms with van der Waals surface area (Å²) in [5.74, 6) is 0. The average Bonchev–Trinajstić information content (AvgIpc) is 2.38. The maximum Gasteiger partial charge on any atom is -0.00803 e. The number of nitrogens with two attached hydrogens (primary N) is 1. The van der Waals surface area contributed by atoms with Crippen LogP contribution in [0.15, 0.2) is 66.9 Å². The van der Waals surface area contributed by atoms with Crippen molar-refractivity contribution in [3.63, 3.8) is 0 Å². The monoisotopic (exact) mass is 209 g/mol. The van der Waals surface area contributed by atoms with Crippen LogP contribution in [0.25, 0.3) is 11.1 Å². The van der Waals surface area contributed by atoms with Crippen molar-refractivity contribution in [2.45, 2.75) is 6.42 Å². The summed E-state index contributed by atoms with van der Waals surface area (Å²) in [6.07, 6.45) is 4.44. The second kappa shape index (κ2) is 5.17. The Kier molecular flexibility index (Phi) is 3.39. The molecule has 0 heterocycles. The zero-order valence-electron chi connectivity index (χ0n) is 9.14. The van der Waals surface area contributed by atoms with E-state index in [0.717, 1.165) is 6.42 Å². The van der Waals surface area contributed by atoms with Crippen LogP contribution < -0.4 is 5.73 Å². The summed E-state index contributed by atoms with van der Waals surface area (Å²) in [5, 5.41) is 0. The van der Waals surface area contributed by atoms with Crippen LogP contribution in [-0.2, 0) is 6.42 Å². The van der Waals surface area contributed by atoms with Gasteiger partial charge in [0.1, 0.15) is 0 Å². The van der Waals surface area contributed by atoms with E-state index in [0.29, 0.717) is 0 Å². The zero-order valence-corrected chi connectivity index (χ0v) is 9.14. The van der Waals surface area contributed by atoms with Crippen molar-refractivity contribution in [2.75, 3.05) is 0 Å². The number of hydrogen-bond acceptors (Lipinski definition) is 1. The summed E-state index contributed by atoms with van der Waals surface area (Å²) in [7, 11) is 0. The lowest BCUT2D eigenvalue weighted by molar-refractivity contribution is 1.26. The van der Waals surface area contributed by atoms with Gasteiger partial charge in [0, 0.05) is 0 Å². The summed E-state index contributed by atoms with van der Waals surface area (Å²) in [5.41, 5.74) is 9.10. The molecule has 80 valence electrons. The Morgan fingerprint density at radius 1 is 0.812 bits per heavy atom. The molecule has 0 aliphatic carbocycles. The van der Waals surface area contributed by atoms with Crippen LogP contribution in [0.4, 0.5) is 0 Å². The largest absolute Gasteiger partial charge is 0.405 e. The fourth-order valence-corrected chi connectivity index (χ4v) is 1.67. The molecule has 0 radical (unpaired) electrons. The van der Waals surface area contributed by atoms with Gasteiger partial charge in [-0.15, -0.1) is 0 Å². The molecule has 16 heavy (non-hydrogen) atoms. The first-order valence-electron chi connectivity index (χ1n) is 5.41. The number of hydrogen-bond donors (Lipinski definition) is 1. The van der Waals surface area contributed by atoms with Gasteiger partial charge in [0.2, 0.25) is 0 Å². The highest BCUT2D eigenvalue weighted by Gasteiger charge is 1.95. The highest BCUT2D eigenvalue weighted by Crippen LogP contribution is 2.19. The third kappa shape index (κ3) is 2.51. The molecular weight excluding hydrogens is 194 g/mol. The molecule has 0 fully saturated rings. The Morgan fingerprint density at radius 3 is 2.06 bits per heavy atom. The van der Waals surface area contributed by atoms with E-state index in [4.69, 9.17) is 5.73 Å². The SMILES string of the molecule is N/C=C/Cc1ccc(-c2ccccc2)cc1. The van der Waals surface area contributed by atoms with Gasteiger partial charge in [-0.05, 0) is 29.3 Å². The number of benzene rings is 2. The van der Waals surface area contributed by atoms with Crippen molar-refractivity contribution in [1.82, 2.24) is 0 Å². The van der Waals surface area contributed by atoms with Gasteiger partial charge in [0.15, 0.2) is 0 Å². The minimum atomic E-state index is 0.894. The maximum atomic E-state index is 5.32. The van der Waals surface area contributed by atoms with Crippen molar-refractivity contribution < 1.29 is 0 Å². The molecule has 1 heteroatoms. The Bertz CT molecular complexity index is 455. The zero-order chi connectivity index (χ0) is 11.2. The molecular formula is C15H15N. The highest BCUT2D eigenvalue weighted by molar-refractivity contribution is 5.63. The van der Waals surface area contributed by atoms with Crippen molar-refractivity contribution in [2.24, 2.45) is 5.73 Å². The smallest absolute Gasteiger partial charge is 0.00803 e. The normalized spacial score (nSPS) is 10.8. The average molecular weight is 209 g/mol. The lowest BCUT2D eigenvalue weighted by Gasteiger charge is -2.02. The molecule has 0 aliphatic heterocycles. The van der Waals surface area contributed by atoms with Crippen molar-refractivity contribution in [1.29, 1.82) is 0 Å². The molecule has 0 atom stereocenters. The van der Waals surface area contributed by atoms with E-state index in [1.807, 2.05) is 12.1 Å². The maximum absolute atomic E-state index is 5.32. The third-order valence-corrected chi connectivity index (χ3v) is 2.55. The molecule has 0 unspecified atom stereocenters. The summed E-state index contributed by atoms with van der Waals surface area (Å²) in [6.45, 7) is 0. The lowest BCUT2D eigenvalue weighted by atomic mass is 10.0. The van der Waals surface area contributed by atoms with Crippen LogP contribution in [0, 0.1) is 0 Å². The van der Waals surface area contributed by atoms with Gasteiger partial charge in [-0.2, -0.15) is 0 Å². The minimum absolute atomic E-state index is 0.894. The molecule has 2 rings (SSSR count). The Morgan fingerprint density at radius 2 is 1.44 bits per heavy atom. The topological polar surface area (TPSA) is 26.0 Å². The second-order valence-corrected chi connectivity index (χ2v) is 3.70. The quantitative estimate of drug-likeness (QED) is 0.824. The molecule has 0 saturated heterocycles. The van der Waals surface area contributed by atoms with Crippen LogP contribution >= 0.6 is 0 Å². The number of allylic oxidation sites excluding steroid dienone is 1. The van der Waals surface area contributed by atoms with Gasteiger partial charge >= 0.3 is 0 Å². The Labute approximate surface area is 96.2 Å². The minimum Gasteiger partial charge on any atom is -0.405 e. The molecule has 2 aromatic rings. The van der Waals surface area contributed by atoms with Crippen LogP contribution in [0.3, 0.4) is 0 Å². The first kappa shape index (κ1) is 10.5. The summed E-state index contributed by atoms with van der Waals surface area (Å²) >= 11 is 0. The van der Waals surface area contributed by atoms with Gasteiger partial charge in [0.05, 0.1) is 0 Å². The van der Waals surface area contributed by atoms with Gasteiger partial charge < -0.3 is 5.73 Å². The van der Waals surface area contributed by atoms with E-state index in [-0.39, 0.29) is 0 Å². The van der Waals surface area contributed by atoms with Crippen LogP contribution in [0.1, 0.15) is 5.56 Å². The van der Waals surface area contributed by atoms with Crippen molar-refractivity contribution in [3.05, 3.63) is 72.4 Å². The fourth-order valence-electron chi connectivity index (χ4n) is 1.67. The standard InChI is InChI=1S/C15H15N/c16-12-4-5-13-8-10-15(11-9-13)14-6-2-1-3-7-14/h1-4,6-12H,5,16H2/b12-4+. The van der Waals surface area contributed by atoms with Crippen LogP contribution in [0.2, 0.25) is 0 Å². The van der Waals surface area contributed by atoms with Gasteiger partial charge in [-0.1, -0.05) is 60.7 Å². The molecule has 1 nitrogen and oxygen atoms in total. The van der Waals surface area contributed by atoms with Crippen LogP contribution in [0.5, 0.6) is 0 Å². The molecule has 2 aromatic carbocycles. The molecule has 0 amide bonds. The summed E-state index contributed by atoms with van der Waals surface area (Å²) in [4.78, 5) is 0. The van der Waals surface area contributed by atoms with Gasteiger partial charge in [0.25, 0.3) is 0 Å². The fraction of sp³-hybridized carbons (Fsp3) is 0.0667. The first-order valence-corrected chi connectivity index (χ1v) is 5.41. The van der Waals surface area contributed by atoms with Crippen molar-refractivity contribution in [3.8, 4) is 11.1 Å². The van der Waals surface area contributed by atoms with Gasteiger partial charge in [-0.25, -0.2) is 0 Å². The van der Waals surface area contributed by atoms with E-state index >= 15 is 0 Å². The molecule has 0 aromatic heterocycles. The first-order chi connectivity index (χ1) is 7.90. The predicted octanol–water partition coefficient (Wildman–Crippen LogP) is 3.37. The lowest BCUT2D eigenvalue weighted by Crippen LogP contribution is -1.84. The van der Waals surface area contributed by atoms with Crippen LogP contribution in [-0.4, -0.2) is 0 Å². The van der Waals surface area contributed by atoms with E-state index in [2.05, 4.69) is 48.5 Å². The number of rotatable bonds is 3. The van der Waals surface area contributed by atoms with E-state index < -0.39 is 0 Å². The van der Waals surface area contributed by atoms with E-state index in [1.54, 1.807) is 6.20 Å². The van der Waals surface area contributed by atoms with Crippen molar-refractivity contribution >= 4 is 0 Å². The van der Waals surface area contributed by atoms with Gasteiger partial charge in [-0.3, -0.25) is 0 Å². The molecule has 0 bridgehead atoms. The Hall–Kier alpha value is -2.02. The Balaban J connectivity index is 2.20. The summed E-state index contributed by atoms with van der Waals surface area (Å²) < 4.78 is 0. The highest BCUT2D eigenvalue weighted by atomic mass is 14.5. The predicted molar refractivity (Wildman–Crippen MR) is 68.9 cm³/mol. The molecule has 0 aliphatic rings. The second-order valence-electron chi connectivity index (χ2n) is 3.70. The van der Waals surface area contributed by atoms with E-state index in [1.165, 1.54) is 16.7 Å².